The zero-order valence-corrected chi connectivity index (χ0v) is 15.1. The monoisotopic (exact) mass is 338 g/mol. The van der Waals surface area contributed by atoms with Crippen LogP contribution in [-0.2, 0) is 11.3 Å². The summed E-state index contributed by atoms with van der Waals surface area (Å²) in [6.45, 7) is 4.84. The third-order valence-electron chi connectivity index (χ3n) is 6.17. The van der Waals surface area contributed by atoms with Crippen LogP contribution in [0, 0.1) is 6.92 Å². The number of likely N-dealkylation sites (tertiary alicyclic amines) is 2. The van der Waals surface area contributed by atoms with Gasteiger partial charge in [-0.05, 0) is 37.5 Å². The first-order valence-corrected chi connectivity index (χ1v) is 9.18. The molecule has 0 N–H and O–H groups in total. The van der Waals surface area contributed by atoms with Crippen molar-refractivity contribution in [2.24, 2.45) is 0 Å². The summed E-state index contributed by atoms with van der Waals surface area (Å²) in [6, 6.07) is 14.7. The average molecular weight is 338 g/mol. The highest BCUT2D eigenvalue weighted by Gasteiger charge is 2.52. The summed E-state index contributed by atoms with van der Waals surface area (Å²) in [5.74, 6) is 2.58. The van der Waals surface area contributed by atoms with Gasteiger partial charge in [-0.1, -0.05) is 30.3 Å². The minimum atomic E-state index is -0.0337. The molecule has 1 atom stereocenters. The maximum atomic E-state index is 12.5. The lowest BCUT2D eigenvalue weighted by molar-refractivity contribution is -0.130. The fraction of sp³-hybridized carbons (Fsp3) is 0.476. The third-order valence-corrected chi connectivity index (χ3v) is 6.17. The quantitative estimate of drug-likeness (QED) is 0.858. The number of carbonyl (C=O) groups excluding carboxylic acids is 1. The topological polar surface area (TPSA) is 36.7 Å². The predicted octanol–water partition coefficient (Wildman–Crippen LogP) is 3.57. The first-order chi connectivity index (χ1) is 12.1. The molecule has 1 aromatic heterocycles. The summed E-state index contributed by atoms with van der Waals surface area (Å²) >= 11 is 0. The zero-order valence-electron chi connectivity index (χ0n) is 15.1. The number of aryl methyl sites for hydroxylation is 1. The van der Waals surface area contributed by atoms with E-state index in [0.717, 1.165) is 44.0 Å². The van der Waals surface area contributed by atoms with Gasteiger partial charge in [-0.2, -0.15) is 0 Å². The van der Waals surface area contributed by atoms with E-state index in [1.54, 1.807) is 0 Å². The highest BCUT2D eigenvalue weighted by atomic mass is 16.3. The van der Waals surface area contributed by atoms with Gasteiger partial charge in [0.05, 0.1) is 12.1 Å². The Bertz CT molecular complexity index is 744. The summed E-state index contributed by atoms with van der Waals surface area (Å²) in [5.41, 5.74) is 1.27. The van der Waals surface area contributed by atoms with Crippen LogP contribution in [0.4, 0.5) is 0 Å². The van der Waals surface area contributed by atoms with Gasteiger partial charge in [0.1, 0.15) is 11.5 Å². The molecule has 2 fully saturated rings. The van der Waals surface area contributed by atoms with E-state index in [1.807, 2.05) is 31.0 Å². The van der Waals surface area contributed by atoms with E-state index in [9.17, 15) is 4.79 Å². The Labute approximate surface area is 149 Å². The van der Waals surface area contributed by atoms with Gasteiger partial charge < -0.3 is 9.32 Å². The van der Waals surface area contributed by atoms with Crippen molar-refractivity contribution >= 4 is 5.91 Å². The molecule has 132 valence electrons. The predicted molar refractivity (Wildman–Crippen MR) is 97.3 cm³/mol. The first-order valence-electron chi connectivity index (χ1n) is 9.18. The van der Waals surface area contributed by atoms with E-state index in [4.69, 9.17) is 4.42 Å². The van der Waals surface area contributed by atoms with Crippen LogP contribution in [0.25, 0.3) is 0 Å². The van der Waals surface area contributed by atoms with E-state index < -0.39 is 0 Å². The van der Waals surface area contributed by atoms with Gasteiger partial charge in [0.2, 0.25) is 5.91 Å². The lowest BCUT2D eigenvalue weighted by atomic mass is 9.74. The second kappa shape index (κ2) is 6.34. The second-order valence-corrected chi connectivity index (χ2v) is 7.51. The minimum Gasteiger partial charge on any atom is -0.465 e. The SMILES string of the molecule is Cc1ccc(CN2CCC3(CC2)[C@H](c2ccccc2)CC(=O)N3C)o1. The molecule has 2 saturated heterocycles. The fourth-order valence-corrected chi connectivity index (χ4v) is 4.67. The summed E-state index contributed by atoms with van der Waals surface area (Å²) in [6.07, 6.45) is 2.68. The maximum Gasteiger partial charge on any atom is 0.223 e. The van der Waals surface area contributed by atoms with E-state index >= 15 is 0 Å². The molecule has 0 bridgehead atoms. The van der Waals surface area contributed by atoms with Gasteiger partial charge in [0, 0.05) is 32.5 Å². The second-order valence-electron chi connectivity index (χ2n) is 7.51. The van der Waals surface area contributed by atoms with Gasteiger partial charge in [0.25, 0.3) is 0 Å². The zero-order chi connectivity index (χ0) is 17.4. The molecule has 4 nitrogen and oxygen atoms in total. The Kier molecular flexibility index (Phi) is 4.16. The number of rotatable bonds is 3. The summed E-state index contributed by atoms with van der Waals surface area (Å²) < 4.78 is 5.73. The Morgan fingerprint density at radius 1 is 1.12 bits per heavy atom. The first kappa shape index (κ1) is 16.4. The van der Waals surface area contributed by atoms with Crippen molar-refractivity contribution in [1.82, 2.24) is 9.80 Å². The van der Waals surface area contributed by atoms with Crippen LogP contribution in [-0.4, -0.2) is 41.4 Å². The van der Waals surface area contributed by atoms with Crippen molar-refractivity contribution in [2.45, 2.75) is 44.2 Å². The molecule has 3 heterocycles. The Balaban J connectivity index is 1.51. The normalized spacial score (nSPS) is 23.5. The molecule has 2 aromatic rings. The Morgan fingerprint density at radius 2 is 1.84 bits per heavy atom. The molecule has 1 aromatic carbocycles. The van der Waals surface area contributed by atoms with E-state index in [0.29, 0.717) is 12.3 Å². The summed E-state index contributed by atoms with van der Waals surface area (Å²) in [5, 5.41) is 0. The minimum absolute atomic E-state index is 0.0337. The van der Waals surface area contributed by atoms with Crippen molar-refractivity contribution in [1.29, 1.82) is 0 Å². The molecule has 4 heteroatoms. The highest BCUT2D eigenvalue weighted by Crippen LogP contribution is 2.48. The lowest BCUT2D eigenvalue weighted by Gasteiger charge is -2.46. The molecule has 0 radical (unpaired) electrons. The molecular weight excluding hydrogens is 312 g/mol. The van der Waals surface area contributed by atoms with Gasteiger partial charge in [0.15, 0.2) is 0 Å². The van der Waals surface area contributed by atoms with Crippen molar-refractivity contribution in [2.75, 3.05) is 20.1 Å². The molecule has 4 rings (SSSR count). The van der Waals surface area contributed by atoms with Crippen molar-refractivity contribution in [3.8, 4) is 0 Å². The smallest absolute Gasteiger partial charge is 0.223 e. The molecule has 0 saturated carbocycles. The fourth-order valence-electron chi connectivity index (χ4n) is 4.67. The van der Waals surface area contributed by atoms with Gasteiger partial charge >= 0.3 is 0 Å². The number of benzene rings is 1. The molecular formula is C21H26N2O2. The molecule has 1 amide bonds. The number of amides is 1. The van der Waals surface area contributed by atoms with Crippen LogP contribution < -0.4 is 0 Å². The van der Waals surface area contributed by atoms with Crippen LogP contribution in [0.15, 0.2) is 46.9 Å². The van der Waals surface area contributed by atoms with Crippen LogP contribution in [0.2, 0.25) is 0 Å². The summed E-state index contributed by atoms with van der Waals surface area (Å²) in [4.78, 5) is 17.0. The number of carbonyl (C=O) groups is 1. The largest absolute Gasteiger partial charge is 0.465 e. The van der Waals surface area contributed by atoms with Crippen LogP contribution in [0.1, 0.15) is 42.3 Å². The van der Waals surface area contributed by atoms with E-state index in [1.165, 1.54) is 5.56 Å². The third kappa shape index (κ3) is 2.89. The highest BCUT2D eigenvalue weighted by molar-refractivity contribution is 5.81. The van der Waals surface area contributed by atoms with E-state index in [2.05, 4.69) is 35.2 Å². The Hall–Kier alpha value is -2.07. The number of hydrogen-bond donors (Lipinski definition) is 0. The van der Waals surface area contributed by atoms with Crippen molar-refractivity contribution in [3.05, 3.63) is 59.5 Å². The van der Waals surface area contributed by atoms with Gasteiger partial charge in [-0.25, -0.2) is 0 Å². The molecule has 0 aliphatic carbocycles. The number of nitrogens with zero attached hydrogens (tertiary/aromatic N) is 2. The molecule has 1 spiro atoms. The number of piperidine rings is 1. The number of likely N-dealkylation sites (N-methyl/N-ethyl adjacent to an activating group) is 1. The van der Waals surface area contributed by atoms with Crippen molar-refractivity contribution in [3.63, 3.8) is 0 Å². The number of hydrogen-bond acceptors (Lipinski definition) is 3. The molecule has 2 aliphatic rings. The average Bonchev–Trinajstić information content (AvgIpc) is 3.14. The molecule has 2 aliphatic heterocycles. The maximum absolute atomic E-state index is 12.5. The van der Waals surface area contributed by atoms with Crippen molar-refractivity contribution < 1.29 is 9.21 Å². The Morgan fingerprint density at radius 3 is 2.48 bits per heavy atom. The standard InChI is InChI=1S/C21H26N2O2/c1-16-8-9-18(25-16)15-23-12-10-21(11-13-23)19(14-20(24)22(21)2)17-6-4-3-5-7-17/h3-9,19H,10-15H2,1-2H3/t19-/m0/s1. The lowest BCUT2D eigenvalue weighted by Crippen LogP contribution is -2.53. The van der Waals surface area contributed by atoms with Crippen LogP contribution in [0.5, 0.6) is 0 Å². The number of furan rings is 1. The van der Waals surface area contributed by atoms with Gasteiger partial charge in [-0.3, -0.25) is 9.69 Å². The summed E-state index contributed by atoms with van der Waals surface area (Å²) in [7, 11) is 2.00. The van der Waals surface area contributed by atoms with Crippen LogP contribution in [0.3, 0.4) is 0 Å². The van der Waals surface area contributed by atoms with E-state index in [-0.39, 0.29) is 11.4 Å². The molecule has 0 unspecified atom stereocenters. The van der Waals surface area contributed by atoms with Crippen LogP contribution >= 0.6 is 0 Å². The van der Waals surface area contributed by atoms with Gasteiger partial charge in [-0.15, -0.1) is 0 Å². The molecule has 25 heavy (non-hydrogen) atoms.